The van der Waals surface area contributed by atoms with E-state index < -0.39 is 0 Å². The molecule has 1 saturated carbocycles. The summed E-state index contributed by atoms with van der Waals surface area (Å²) in [6, 6.07) is 0.646. The molecule has 1 fully saturated rings. The smallest absolute Gasteiger partial charge is 0.180 e. The molecule has 0 saturated heterocycles. The number of nitrogens with zero attached hydrogens (tertiary/aromatic N) is 1. The van der Waals surface area contributed by atoms with Gasteiger partial charge in [-0.05, 0) is 18.8 Å². The molecule has 3 heteroatoms. The Kier molecular flexibility index (Phi) is 3.19. The molecule has 0 amide bonds. The lowest BCUT2D eigenvalue weighted by molar-refractivity contribution is 0.407. The van der Waals surface area contributed by atoms with Gasteiger partial charge in [0.25, 0.3) is 0 Å². The van der Waals surface area contributed by atoms with E-state index in [-0.39, 0.29) is 0 Å². The van der Waals surface area contributed by atoms with Crippen molar-refractivity contribution in [3.63, 3.8) is 0 Å². The highest BCUT2D eigenvalue weighted by Crippen LogP contribution is 2.34. The van der Waals surface area contributed by atoms with Crippen LogP contribution in [-0.4, -0.2) is 11.0 Å². The maximum Gasteiger partial charge on any atom is 0.180 e. The van der Waals surface area contributed by atoms with Gasteiger partial charge in [0.1, 0.15) is 5.76 Å². The monoisotopic (exact) mass is 194 g/mol. The van der Waals surface area contributed by atoms with E-state index in [1.807, 2.05) is 0 Å². The van der Waals surface area contributed by atoms with Crippen molar-refractivity contribution in [2.75, 3.05) is 0 Å². The second-order valence-corrected chi connectivity index (χ2v) is 4.13. The normalized spacial score (nSPS) is 18.4. The Balaban J connectivity index is 1.71. The summed E-state index contributed by atoms with van der Waals surface area (Å²) in [5.41, 5.74) is 0. The van der Waals surface area contributed by atoms with E-state index in [4.69, 9.17) is 4.42 Å². The molecule has 0 aliphatic heterocycles. The molecule has 1 unspecified atom stereocenters. The molecule has 14 heavy (non-hydrogen) atoms. The second kappa shape index (κ2) is 4.60. The van der Waals surface area contributed by atoms with Crippen LogP contribution < -0.4 is 5.32 Å². The summed E-state index contributed by atoms with van der Waals surface area (Å²) in [7, 11) is 0. The molecular formula is C11H18N2O. The van der Waals surface area contributed by atoms with Crippen LogP contribution in [0.2, 0.25) is 0 Å². The molecule has 1 heterocycles. The predicted molar refractivity (Wildman–Crippen MR) is 54.8 cm³/mol. The molecule has 78 valence electrons. The molecule has 0 radical (unpaired) electrons. The lowest BCUT2D eigenvalue weighted by Gasteiger charge is -2.15. The first-order chi connectivity index (χ1) is 6.88. The average molecular weight is 194 g/mol. The van der Waals surface area contributed by atoms with Gasteiger partial charge in [0.15, 0.2) is 6.39 Å². The minimum Gasteiger partial charge on any atom is -0.447 e. The lowest BCUT2D eigenvalue weighted by Crippen LogP contribution is -2.28. The Labute approximate surface area is 84.9 Å². The Morgan fingerprint density at radius 2 is 2.50 bits per heavy atom. The van der Waals surface area contributed by atoms with Crippen LogP contribution in [0.3, 0.4) is 0 Å². The van der Waals surface area contributed by atoms with Crippen LogP contribution in [0.1, 0.15) is 38.4 Å². The van der Waals surface area contributed by atoms with Crippen LogP contribution in [0.4, 0.5) is 0 Å². The summed E-state index contributed by atoms with van der Waals surface area (Å²) >= 11 is 0. The number of hydrogen-bond donors (Lipinski definition) is 1. The lowest BCUT2D eigenvalue weighted by atomic mass is 10.1. The third-order valence-corrected chi connectivity index (χ3v) is 2.86. The van der Waals surface area contributed by atoms with Gasteiger partial charge in [0, 0.05) is 6.04 Å². The van der Waals surface area contributed by atoms with Gasteiger partial charge in [0.2, 0.25) is 0 Å². The molecule has 0 spiro atoms. The first-order valence-electron chi connectivity index (χ1n) is 5.49. The van der Waals surface area contributed by atoms with E-state index in [0.29, 0.717) is 6.04 Å². The first-order valence-corrected chi connectivity index (χ1v) is 5.49. The number of rotatable bonds is 6. The minimum atomic E-state index is 0.646. The third kappa shape index (κ3) is 2.84. The third-order valence-electron chi connectivity index (χ3n) is 2.86. The molecule has 1 N–H and O–H groups in total. The Morgan fingerprint density at radius 3 is 3.07 bits per heavy atom. The number of hydrogen-bond acceptors (Lipinski definition) is 3. The first kappa shape index (κ1) is 9.71. The van der Waals surface area contributed by atoms with E-state index >= 15 is 0 Å². The van der Waals surface area contributed by atoms with Crippen LogP contribution in [0.15, 0.2) is 17.0 Å². The zero-order valence-corrected chi connectivity index (χ0v) is 8.70. The van der Waals surface area contributed by atoms with Crippen molar-refractivity contribution in [3.8, 4) is 0 Å². The van der Waals surface area contributed by atoms with E-state index in [1.165, 1.54) is 32.1 Å². The van der Waals surface area contributed by atoms with E-state index in [9.17, 15) is 0 Å². The SMILES string of the molecule is CCC(CC1CC1)NCc1cnco1. The Bertz CT molecular complexity index is 254. The Morgan fingerprint density at radius 1 is 1.64 bits per heavy atom. The molecule has 0 aromatic carbocycles. The molecular weight excluding hydrogens is 176 g/mol. The fourth-order valence-electron chi connectivity index (χ4n) is 1.72. The highest BCUT2D eigenvalue weighted by molar-refractivity contribution is 4.89. The van der Waals surface area contributed by atoms with Crippen molar-refractivity contribution < 1.29 is 4.42 Å². The summed E-state index contributed by atoms with van der Waals surface area (Å²) in [4.78, 5) is 3.89. The topological polar surface area (TPSA) is 38.1 Å². The largest absolute Gasteiger partial charge is 0.447 e. The molecule has 1 aliphatic carbocycles. The molecule has 1 aromatic heterocycles. The quantitative estimate of drug-likeness (QED) is 0.755. The molecule has 1 atom stereocenters. The van der Waals surface area contributed by atoms with Crippen molar-refractivity contribution in [2.24, 2.45) is 5.92 Å². The highest BCUT2D eigenvalue weighted by atomic mass is 16.3. The molecule has 1 aliphatic rings. The van der Waals surface area contributed by atoms with Crippen LogP contribution in [-0.2, 0) is 6.54 Å². The van der Waals surface area contributed by atoms with Crippen molar-refractivity contribution >= 4 is 0 Å². The highest BCUT2D eigenvalue weighted by Gasteiger charge is 2.24. The molecule has 2 rings (SSSR count). The van der Waals surface area contributed by atoms with Crippen molar-refractivity contribution in [2.45, 2.75) is 45.2 Å². The van der Waals surface area contributed by atoms with Crippen molar-refractivity contribution in [1.29, 1.82) is 0 Å². The van der Waals surface area contributed by atoms with E-state index in [2.05, 4.69) is 17.2 Å². The van der Waals surface area contributed by atoms with Gasteiger partial charge in [-0.1, -0.05) is 19.8 Å². The zero-order chi connectivity index (χ0) is 9.80. The number of nitrogens with one attached hydrogen (secondary N) is 1. The van der Waals surface area contributed by atoms with Gasteiger partial charge >= 0.3 is 0 Å². The predicted octanol–water partition coefficient (Wildman–Crippen LogP) is 2.34. The Hall–Kier alpha value is -0.830. The van der Waals surface area contributed by atoms with Crippen LogP contribution >= 0.6 is 0 Å². The van der Waals surface area contributed by atoms with Gasteiger partial charge in [-0.2, -0.15) is 0 Å². The molecule has 0 bridgehead atoms. The summed E-state index contributed by atoms with van der Waals surface area (Å²) in [5.74, 6) is 1.92. The van der Waals surface area contributed by atoms with E-state index in [1.54, 1.807) is 6.20 Å². The average Bonchev–Trinajstić information content (AvgIpc) is 2.86. The van der Waals surface area contributed by atoms with Crippen molar-refractivity contribution in [1.82, 2.24) is 10.3 Å². The summed E-state index contributed by atoms with van der Waals surface area (Å²) in [6.45, 7) is 3.05. The van der Waals surface area contributed by atoms with Gasteiger partial charge in [-0.25, -0.2) is 4.98 Å². The fourth-order valence-corrected chi connectivity index (χ4v) is 1.72. The van der Waals surface area contributed by atoms with Gasteiger partial charge in [-0.15, -0.1) is 0 Å². The minimum absolute atomic E-state index is 0.646. The van der Waals surface area contributed by atoms with Crippen LogP contribution in [0.25, 0.3) is 0 Å². The van der Waals surface area contributed by atoms with Gasteiger partial charge in [-0.3, -0.25) is 0 Å². The molecule has 3 nitrogen and oxygen atoms in total. The van der Waals surface area contributed by atoms with Crippen molar-refractivity contribution in [3.05, 3.63) is 18.4 Å². The second-order valence-electron chi connectivity index (χ2n) is 4.13. The van der Waals surface area contributed by atoms with Crippen LogP contribution in [0, 0.1) is 5.92 Å². The number of aromatic nitrogens is 1. The summed E-state index contributed by atoms with van der Waals surface area (Å²) in [5, 5.41) is 3.51. The standard InChI is InChI=1S/C11H18N2O/c1-2-10(5-9-3-4-9)13-7-11-6-12-8-14-11/h6,8-10,13H,2-5,7H2,1H3. The maximum absolute atomic E-state index is 5.18. The van der Waals surface area contributed by atoms with Crippen LogP contribution in [0.5, 0.6) is 0 Å². The zero-order valence-electron chi connectivity index (χ0n) is 8.70. The molecule has 1 aromatic rings. The van der Waals surface area contributed by atoms with Gasteiger partial charge < -0.3 is 9.73 Å². The van der Waals surface area contributed by atoms with Gasteiger partial charge in [0.05, 0.1) is 12.7 Å². The maximum atomic E-state index is 5.18. The number of oxazole rings is 1. The summed E-state index contributed by atoms with van der Waals surface area (Å²) < 4.78 is 5.18. The summed E-state index contributed by atoms with van der Waals surface area (Å²) in [6.07, 6.45) is 8.64. The fraction of sp³-hybridized carbons (Fsp3) is 0.727. The van der Waals surface area contributed by atoms with E-state index in [0.717, 1.165) is 18.2 Å².